The van der Waals surface area contributed by atoms with Crippen LogP contribution in [0.25, 0.3) is 0 Å². The second-order valence-electron chi connectivity index (χ2n) is 5.32. The highest BCUT2D eigenvalue weighted by atomic mass is 19.1. The average molecular weight is 276 g/mol. The van der Waals surface area contributed by atoms with Crippen LogP contribution in [0.3, 0.4) is 0 Å². The molecule has 1 N–H and O–H groups in total. The molecule has 0 radical (unpaired) electrons. The van der Waals surface area contributed by atoms with Crippen molar-refractivity contribution < 1.29 is 14.0 Å². The van der Waals surface area contributed by atoms with Gasteiger partial charge in [0.25, 0.3) is 0 Å². The highest BCUT2D eigenvalue weighted by Crippen LogP contribution is 2.33. The SMILES string of the molecule is Cc1cc(CN2CC(O)CC2c2ccc(F)cc2)on1. The first-order valence-electron chi connectivity index (χ1n) is 6.71. The predicted molar refractivity (Wildman–Crippen MR) is 71.4 cm³/mol. The van der Waals surface area contributed by atoms with Gasteiger partial charge >= 0.3 is 0 Å². The fraction of sp³-hybridized carbons (Fsp3) is 0.400. The number of likely N-dealkylation sites (tertiary alicyclic amines) is 1. The van der Waals surface area contributed by atoms with Gasteiger partial charge in [-0.2, -0.15) is 0 Å². The van der Waals surface area contributed by atoms with Gasteiger partial charge in [0, 0.05) is 18.7 Å². The molecule has 1 aromatic heterocycles. The molecule has 0 bridgehead atoms. The van der Waals surface area contributed by atoms with Crippen LogP contribution in [0.15, 0.2) is 34.9 Å². The zero-order valence-corrected chi connectivity index (χ0v) is 11.3. The largest absolute Gasteiger partial charge is 0.392 e. The summed E-state index contributed by atoms with van der Waals surface area (Å²) in [5.41, 5.74) is 1.86. The second kappa shape index (κ2) is 5.34. The van der Waals surface area contributed by atoms with Crippen molar-refractivity contribution in [3.8, 4) is 0 Å². The third kappa shape index (κ3) is 2.73. The highest BCUT2D eigenvalue weighted by Gasteiger charge is 2.32. The Hall–Kier alpha value is -1.72. The first-order chi connectivity index (χ1) is 9.61. The molecule has 1 saturated heterocycles. The van der Waals surface area contributed by atoms with Crippen molar-refractivity contribution in [1.29, 1.82) is 0 Å². The van der Waals surface area contributed by atoms with Crippen molar-refractivity contribution >= 4 is 0 Å². The number of benzene rings is 1. The molecule has 1 aliphatic rings. The van der Waals surface area contributed by atoms with Gasteiger partial charge < -0.3 is 9.63 Å². The molecule has 1 aromatic carbocycles. The lowest BCUT2D eigenvalue weighted by atomic mass is 10.0. The molecule has 4 nitrogen and oxygen atoms in total. The number of aryl methyl sites for hydroxylation is 1. The molecule has 0 saturated carbocycles. The molecule has 0 spiro atoms. The van der Waals surface area contributed by atoms with E-state index in [1.165, 1.54) is 12.1 Å². The zero-order valence-electron chi connectivity index (χ0n) is 11.3. The van der Waals surface area contributed by atoms with Gasteiger partial charge in [0.05, 0.1) is 18.3 Å². The number of rotatable bonds is 3. The molecule has 106 valence electrons. The molecule has 0 aliphatic carbocycles. The maximum atomic E-state index is 13.0. The minimum Gasteiger partial charge on any atom is -0.392 e. The summed E-state index contributed by atoms with van der Waals surface area (Å²) < 4.78 is 18.2. The van der Waals surface area contributed by atoms with Crippen LogP contribution < -0.4 is 0 Å². The van der Waals surface area contributed by atoms with Gasteiger partial charge in [-0.15, -0.1) is 0 Å². The summed E-state index contributed by atoms with van der Waals surface area (Å²) in [6, 6.07) is 8.43. The van der Waals surface area contributed by atoms with Crippen molar-refractivity contribution in [1.82, 2.24) is 10.1 Å². The van der Waals surface area contributed by atoms with Crippen LogP contribution in [0.5, 0.6) is 0 Å². The minimum absolute atomic E-state index is 0.0796. The minimum atomic E-state index is -0.367. The van der Waals surface area contributed by atoms with Gasteiger partial charge in [0.1, 0.15) is 5.82 Å². The molecule has 0 amide bonds. The van der Waals surface area contributed by atoms with Crippen LogP contribution >= 0.6 is 0 Å². The summed E-state index contributed by atoms with van der Waals surface area (Å²) in [6.45, 7) is 3.06. The van der Waals surface area contributed by atoms with Gasteiger partial charge in [-0.1, -0.05) is 17.3 Å². The average Bonchev–Trinajstić information content (AvgIpc) is 2.97. The summed E-state index contributed by atoms with van der Waals surface area (Å²) in [5, 5.41) is 13.8. The van der Waals surface area contributed by atoms with Crippen LogP contribution in [0.1, 0.15) is 29.5 Å². The summed E-state index contributed by atoms with van der Waals surface area (Å²) in [7, 11) is 0. The fourth-order valence-corrected chi connectivity index (χ4v) is 2.78. The van der Waals surface area contributed by atoms with E-state index in [4.69, 9.17) is 4.52 Å². The van der Waals surface area contributed by atoms with Crippen molar-refractivity contribution in [2.45, 2.75) is 32.0 Å². The first kappa shape index (κ1) is 13.3. The standard InChI is InChI=1S/C15H17FN2O2/c1-10-6-14(20-17-10)9-18-8-13(19)7-15(18)11-2-4-12(16)5-3-11/h2-6,13,15,19H,7-9H2,1H3. The molecule has 2 aromatic rings. The number of β-amino-alcohol motifs (C(OH)–C–C–N with tert-alkyl or cyclic N) is 1. The van der Waals surface area contributed by atoms with Gasteiger partial charge in [0.15, 0.2) is 5.76 Å². The molecule has 1 aliphatic heterocycles. The van der Waals surface area contributed by atoms with Crippen LogP contribution in [-0.4, -0.2) is 27.8 Å². The van der Waals surface area contributed by atoms with Crippen LogP contribution in [0.2, 0.25) is 0 Å². The lowest BCUT2D eigenvalue weighted by Gasteiger charge is -2.23. The molecular formula is C15H17FN2O2. The molecule has 2 unspecified atom stereocenters. The number of aliphatic hydroxyl groups is 1. The molecule has 5 heteroatoms. The third-order valence-corrected chi connectivity index (χ3v) is 3.67. The molecular weight excluding hydrogens is 259 g/mol. The van der Waals surface area contributed by atoms with Gasteiger partial charge in [-0.25, -0.2) is 4.39 Å². The smallest absolute Gasteiger partial charge is 0.150 e. The summed E-state index contributed by atoms with van der Waals surface area (Å²) in [4.78, 5) is 2.14. The molecule has 2 atom stereocenters. The van der Waals surface area contributed by atoms with E-state index >= 15 is 0 Å². The van der Waals surface area contributed by atoms with Crippen molar-refractivity contribution in [3.05, 3.63) is 53.2 Å². The van der Waals surface area contributed by atoms with Crippen LogP contribution in [0.4, 0.5) is 4.39 Å². The molecule has 3 rings (SSSR count). The molecule has 20 heavy (non-hydrogen) atoms. The first-order valence-corrected chi connectivity index (χ1v) is 6.71. The van der Waals surface area contributed by atoms with Gasteiger partial charge in [0.2, 0.25) is 0 Å². The van der Waals surface area contributed by atoms with E-state index in [0.717, 1.165) is 17.0 Å². The number of halogens is 1. The normalized spacial score (nSPS) is 23.4. The Morgan fingerprint density at radius 3 is 2.80 bits per heavy atom. The van der Waals surface area contributed by atoms with E-state index in [9.17, 15) is 9.50 Å². The van der Waals surface area contributed by atoms with Crippen molar-refractivity contribution in [2.24, 2.45) is 0 Å². The number of aliphatic hydroxyl groups excluding tert-OH is 1. The monoisotopic (exact) mass is 276 g/mol. The van der Waals surface area contributed by atoms with E-state index < -0.39 is 0 Å². The summed E-state index contributed by atoms with van der Waals surface area (Å²) in [5.74, 6) is 0.536. The van der Waals surface area contributed by atoms with E-state index in [2.05, 4.69) is 10.1 Å². The molecule has 2 heterocycles. The van der Waals surface area contributed by atoms with Crippen molar-refractivity contribution in [2.75, 3.05) is 6.54 Å². The molecule has 1 fully saturated rings. The Morgan fingerprint density at radius 1 is 1.40 bits per heavy atom. The third-order valence-electron chi connectivity index (χ3n) is 3.67. The Balaban J connectivity index is 1.79. The van der Waals surface area contributed by atoms with Gasteiger partial charge in [-0.3, -0.25) is 4.90 Å². The van der Waals surface area contributed by atoms with Gasteiger partial charge in [-0.05, 0) is 31.0 Å². The Kier molecular flexibility index (Phi) is 3.54. The number of nitrogens with zero attached hydrogens (tertiary/aromatic N) is 2. The quantitative estimate of drug-likeness (QED) is 0.935. The Bertz CT molecular complexity index is 582. The van der Waals surface area contributed by atoms with Crippen LogP contribution in [-0.2, 0) is 6.54 Å². The zero-order chi connectivity index (χ0) is 14.1. The predicted octanol–water partition coefficient (Wildman–Crippen LogP) is 2.43. The van der Waals surface area contributed by atoms with Crippen LogP contribution in [0, 0.1) is 12.7 Å². The second-order valence-corrected chi connectivity index (χ2v) is 5.32. The van der Waals surface area contributed by atoms with E-state index in [0.29, 0.717) is 19.5 Å². The fourth-order valence-electron chi connectivity index (χ4n) is 2.78. The summed E-state index contributed by atoms with van der Waals surface area (Å²) >= 11 is 0. The van der Waals surface area contributed by atoms with E-state index in [-0.39, 0.29) is 18.0 Å². The lowest BCUT2D eigenvalue weighted by Crippen LogP contribution is -2.24. The maximum Gasteiger partial charge on any atom is 0.150 e. The number of aromatic nitrogens is 1. The number of hydrogen-bond donors (Lipinski definition) is 1. The van der Waals surface area contributed by atoms with E-state index in [1.807, 2.05) is 13.0 Å². The van der Waals surface area contributed by atoms with E-state index in [1.54, 1.807) is 12.1 Å². The Labute approximate surface area is 116 Å². The topological polar surface area (TPSA) is 49.5 Å². The lowest BCUT2D eigenvalue weighted by molar-refractivity contribution is 0.166. The Morgan fingerprint density at radius 2 is 2.15 bits per heavy atom. The maximum absolute atomic E-state index is 13.0. The highest BCUT2D eigenvalue weighted by molar-refractivity contribution is 5.22. The summed E-state index contributed by atoms with van der Waals surface area (Å²) in [6.07, 6.45) is 0.285. The number of hydrogen-bond acceptors (Lipinski definition) is 4. The van der Waals surface area contributed by atoms with Crippen molar-refractivity contribution in [3.63, 3.8) is 0 Å².